The van der Waals surface area contributed by atoms with Crippen LogP contribution in [-0.2, 0) is 15.8 Å². The Morgan fingerprint density at radius 3 is 2.59 bits per heavy atom. The maximum atomic E-state index is 12.1. The first kappa shape index (κ1) is 16.5. The van der Waals surface area contributed by atoms with Crippen molar-refractivity contribution in [2.45, 2.75) is 25.6 Å². The molecule has 8 heteroatoms. The van der Waals surface area contributed by atoms with E-state index in [4.69, 9.17) is 11.6 Å². The maximum Gasteiger partial charge on any atom is 0.285 e. The van der Waals surface area contributed by atoms with Gasteiger partial charge in [0.25, 0.3) is 5.91 Å². The van der Waals surface area contributed by atoms with Crippen molar-refractivity contribution < 1.29 is 13.2 Å². The molecular formula is C14H16ClN3O3S. The standard InChI is InChI=1S/C14H16ClN3O3S/c1-10(2)18-8-7-13(16-18)14(19)17-22(20,21)9-11-5-3-4-6-12(11)15/h3-8,10H,9H2,1-2H3,(H,17,19). The van der Waals surface area contributed by atoms with E-state index in [1.54, 1.807) is 35.1 Å². The van der Waals surface area contributed by atoms with Gasteiger partial charge in [0, 0.05) is 17.3 Å². The number of rotatable bonds is 5. The SMILES string of the molecule is CC(C)n1ccc(C(=O)NS(=O)(=O)Cc2ccccc2Cl)n1. The highest BCUT2D eigenvalue weighted by Gasteiger charge is 2.20. The van der Waals surface area contributed by atoms with Gasteiger partial charge in [-0.15, -0.1) is 0 Å². The molecule has 1 N–H and O–H groups in total. The van der Waals surface area contributed by atoms with E-state index in [1.165, 1.54) is 6.07 Å². The summed E-state index contributed by atoms with van der Waals surface area (Å²) in [5.41, 5.74) is 0.480. The highest BCUT2D eigenvalue weighted by Crippen LogP contribution is 2.17. The molecule has 0 aliphatic carbocycles. The number of nitrogens with one attached hydrogen (secondary N) is 1. The Balaban J connectivity index is 2.11. The zero-order chi connectivity index (χ0) is 16.3. The number of aromatic nitrogens is 2. The predicted molar refractivity (Wildman–Crippen MR) is 84.2 cm³/mol. The highest BCUT2D eigenvalue weighted by molar-refractivity contribution is 7.89. The van der Waals surface area contributed by atoms with Gasteiger partial charge in [0.15, 0.2) is 5.69 Å². The fraction of sp³-hybridized carbons (Fsp3) is 0.286. The summed E-state index contributed by atoms with van der Waals surface area (Å²) >= 11 is 5.93. The minimum Gasteiger partial charge on any atom is -0.269 e. The van der Waals surface area contributed by atoms with Gasteiger partial charge in [-0.3, -0.25) is 9.48 Å². The Hall–Kier alpha value is -1.86. The molecule has 2 rings (SSSR count). The Bertz CT molecular complexity index is 784. The Morgan fingerprint density at radius 1 is 1.32 bits per heavy atom. The third-order valence-electron chi connectivity index (χ3n) is 2.92. The molecule has 0 bridgehead atoms. The Labute approximate surface area is 134 Å². The van der Waals surface area contributed by atoms with Crippen LogP contribution in [0.1, 0.15) is 35.9 Å². The van der Waals surface area contributed by atoms with Crippen LogP contribution in [0.2, 0.25) is 5.02 Å². The van der Waals surface area contributed by atoms with Crippen LogP contribution in [0.3, 0.4) is 0 Å². The van der Waals surface area contributed by atoms with Gasteiger partial charge in [0.05, 0.1) is 5.75 Å². The lowest BCUT2D eigenvalue weighted by Gasteiger charge is -2.07. The van der Waals surface area contributed by atoms with Gasteiger partial charge in [-0.25, -0.2) is 13.1 Å². The van der Waals surface area contributed by atoms with Crippen molar-refractivity contribution in [2.24, 2.45) is 0 Å². The Morgan fingerprint density at radius 2 is 2.00 bits per heavy atom. The van der Waals surface area contributed by atoms with E-state index in [0.29, 0.717) is 10.6 Å². The van der Waals surface area contributed by atoms with Gasteiger partial charge in [0.1, 0.15) is 0 Å². The summed E-state index contributed by atoms with van der Waals surface area (Å²) in [6.07, 6.45) is 1.63. The van der Waals surface area contributed by atoms with Crippen molar-refractivity contribution in [3.63, 3.8) is 0 Å². The van der Waals surface area contributed by atoms with Crippen LogP contribution < -0.4 is 4.72 Å². The predicted octanol–water partition coefficient (Wildman–Crippen LogP) is 2.38. The summed E-state index contributed by atoms with van der Waals surface area (Å²) in [4.78, 5) is 12.0. The van der Waals surface area contributed by atoms with Crippen LogP contribution in [0.4, 0.5) is 0 Å². The van der Waals surface area contributed by atoms with Gasteiger partial charge < -0.3 is 0 Å². The first-order chi connectivity index (χ1) is 10.3. The molecule has 22 heavy (non-hydrogen) atoms. The van der Waals surface area contributed by atoms with Crippen molar-refractivity contribution >= 4 is 27.5 Å². The Kier molecular flexibility index (Phi) is 4.87. The molecule has 1 amide bonds. The van der Waals surface area contributed by atoms with E-state index in [-0.39, 0.29) is 17.5 Å². The second-order valence-corrected chi connectivity index (χ2v) is 7.19. The van der Waals surface area contributed by atoms with Crippen LogP contribution >= 0.6 is 11.6 Å². The van der Waals surface area contributed by atoms with Crippen LogP contribution in [0.5, 0.6) is 0 Å². The van der Waals surface area contributed by atoms with Crippen molar-refractivity contribution in [3.8, 4) is 0 Å². The molecule has 0 saturated carbocycles. The van der Waals surface area contributed by atoms with Crippen LogP contribution in [0.25, 0.3) is 0 Å². The number of sulfonamides is 1. The highest BCUT2D eigenvalue weighted by atomic mass is 35.5. The molecule has 1 aromatic heterocycles. The number of halogens is 1. The summed E-state index contributed by atoms with van der Waals surface area (Å²) < 4.78 is 27.7. The zero-order valence-electron chi connectivity index (χ0n) is 12.2. The molecule has 1 aromatic carbocycles. The number of nitrogens with zero attached hydrogens (tertiary/aromatic N) is 2. The van der Waals surface area contributed by atoms with E-state index in [1.807, 2.05) is 18.6 Å². The molecule has 0 spiro atoms. The lowest BCUT2D eigenvalue weighted by Crippen LogP contribution is -2.32. The molecule has 1 heterocycles. The quantitative estimate of drug-likeness (QED) is 0.905. The summed E-state index contributed by atoms with van der Waals surface area (Å²) in [5, 5.41) is 4.37. The van der Waals surface area contributed by atoms with Crippen LogP contribution in [0, 0.1) is 0 Å². The molecule has 2 aromatic rings. The third-order valence-corrected chi connectivity index (χ3v) is 4.48. The van der Waals surface area contributed by atoms with Crippen molar-refractivity contribution in [1.82, 2.24) is 14.5 Å². The fourth-order valence-corrected chi connectivity index (χ4v) is 3.20. The smallest absolute Gasteiger partial charge is 0.269 e. The molecular weight excluding hydrogens is 326 g/mol. The maximum absolute atomic E-state index is 12.1. The monoisotopic (exact) mass is 341 g/mol. The minimum atomic E-state index is -3.85. The second-order valence-electron chi connectivity index (χ2n) is 5.06. The van der Waals surface area contributed by atoms with Gasteiger partial charge in [-0.1, -0.05) is 29.8 Å². The topological polar surface area (TPSA) is 81.1 Å². The lowest BCUT2D eigenvalue weighted by molar-refractivity contribution is 0.0975. The molecule has 0 aliphatic rings. The number of carbonyl (C=O) groups excluding carboxylic acids is 1. The molecule has 0 radical (unpaired) electrons. The second kappa shape index (κ2) is 6.50. The number of hydrogen-bond donors (Lipinski definition) is 1. The third kappa shape index (κ3) is 4.08. The molecule has 6 nitrogen and oxygen atoms in total. The molecule has 118 valence electrons. The number of hydrogen-bond acceptors (Lipinski definition) is 4. The van der Waals surface area contributed by atoms with Gasteiger partial charge in [0.2, 0.25) is 10.0 Å². The largest absolute Gasteiger partial charge is 0.285 e. The van der Waals surface area contributed by atoms with Gasteiger partial charge >= 0.3 is 0 Å². The average Bonchev–Trinajstić information content (AvgIpc) is 2.90. The molecule has 0 fully saturated rings. The fourth-order valence-electron chi connectivity index (χ4n) is 1.80. The van der Waals surface area contributed by atoms with E-state index in [9.17, 15) is 13.2 Å². The molecule has 0 unspecified atom stereocenters. The van der Waals surface area contributed by atoms with E-state index < -0.39 is 15.9 Å². The van der Waals surface area contributed by atoms with E-state index in [2.05, 4.69) is 5.10 Å². The van der Waals surface area contributed by atoms with Crippen molar-refractivity contribution in [3.05, 3.63) is 52.8 Å². The first-order valence-electron chi connectivity index (χ1n) is 6.62. The average molecular weight is 342 g/mol. The summed E-state index contributed by atoms with van der Waals surface area (Å²) in [6.45, 7) is 3.81. The normalized spacial score (nSPS) is 11.6. The van der Waals surface area contributed by atoms with Gasteiger partial charge in [-0.05, 0) is 31.5 Å². The van der Waals surface area contributed by atoms with Gasteiger partial charge in [-0.2, -0.15) is 5.10 Å². The van der Waals surface area contributed by atoms with Crippen LogP contribution in [0.15, 0.2) is 36.5 Å². The number of amides is 1. The summed E-state index contributed by atoms with van der Waals surface area (Å²) in [7, 11) is -3.85. The van der Waals surface area contributed by atoms with Crippen molar-refractivity contribution in [1.29, 1.82) is 0 Å². The van der Waals surface area contributed by atoms with Crippen LogP contribution in [-0.4, -0.2) is 24.1 Å². The number of benzene rings is 1. The zero-order valence-corrected chi connectivity index (χ0v) is 13.7. The molecule has 0 aliphatic heterocycles. The summed E-state index contributed by atoms with van der Waals surface area (Å²) in [6, 6.07) is 8.14. The first-order valence-corrected chi connectivity index (χ1v) is 8.65. The minimum absolute atomic E-state index is 0.0523. The molecule has 0 atom stereocenters. The van der Waals surface area contributed by atoms with Crippen molar-refractivity contribution in [2.75, 3.05) is 0 Å². The number of carbonyl (C=O) groups is 1. The lowest BCUT2D eigenvalue weighted by atomic mass is 10.2. The molecule has 0 saturated heterocycles. The van der Waals surface area contributed by atoms with E-state index in [0.717, 1.165) is 0 Å². The summed E-state index contributed by atoms with van der Waals surface area (Å²) in [5.74, 6) is -1.13. The van der Waals surface area contributed by atoms with E-state index >= 15 is 0 Å².